The summed E-state index contributed by atoms with van der Waals surface area (Å²) in [6.45, 7) is 6.87. The number of aryl methyl sites for hydroxylation is 1. The van der Waals surface area contributed by atoms with Crippen LogP contribution in [0, 0.1) is 19.7 Å². The molecule has 4 rings (SSSR count). The number of hydrogen-bond acceptors (Lipinski definition) is 3. The zero-order chi connectivity index (χ0) is 22.7. The summed E-state index contributed by atoms with van der Waals surface area (Å²) < 4.78 is 15.2. The predicted molar refractivity (Wildman–Crippen MR) is 123 cm³/mol. The normalized spacial score (nSPS) is 14.5. The Kier molecular flexibility index (Phi) is 6.51. The monoisotopic (exact) mass is 433 g/mol. The standard InChI is InChI=1S/C26H28FN3O2/c1-19-16-24(20(2)30(19)23-6-4-3-5-7-23)25(31)18-28-12-14-29(15-13-28)26(32)17-21-8-10-22(27)11-9-21/h3-11,16H,12-15,17-18H2,1-2H3. The van der Waals surface area contributed by atoms with Gasteiger partial charge in [-0.3, -0.25) is 14.5 Å². The van der Waals surface area contributed by atoms with Gasteiger partial charge in [0, 0.05) is 48.8 Å². The van der Waals surface area contributed by atoms with Gasteiger partial charge < -0.3 is 9.47 Å². The number of benzene rings is 2. The molecule has 0 aliphatic carbocycles. The van der Waals surface area contributed by atoms with Gasteiger partial charge in [-0.15, -0.1) is 0 Å². The van der Waals surface area contributed by atoms with Crippen molar-refractivity contribution in [3.8, 4) is 5.69 Å². The molecule has 32 heavy (non-hydrogen) atoms. The maximum Gasteiger partial charge on any atom is 0.227 e. The van der Waals surface area contributed by atoms with Crippen LogP contribution < -0.4 is 0 Å². The summed E-state index contributed by atoms with van der Waals surface area (Å²) in [5, 5.41) is 0. The minimum atomic E-state index is -0.302. The molecule has 1 aromatic heterocycles. The van der Waals surface area contributed by atoms with Gasteiger partial charge in [-0.2, -0.15) is 0 Å². The zero-order valence-corrected chi connectivity index (χ0v) is 18.6. The maximum absolute atomic E-state index is 13.1. The van der Waals surface area contributed by atoms with Crippen LogP contribution in [-0.2, 0) is 11.2 Å². The van der Waals surface area contributed by atoms with E-state index in [0.717, 1.165) is 28.2 Å². The van der Waals surface area contributed by atoms with Gasteiger partial charge in [-0.25, -0.2) is 4.39 Å². The minimum Gasteiger partial charge on any atom is -0.340 e. The third-order valence-electron chi connectivity index (χ3n) is 6.11. The topological polar surface area (TPSA) is 45.6 Å². The van der Waals surface area contributed by atoms with Crippen LogP contribution in [0.4, 0.5) is 4.39 Å². The summed E-state index contributed by atoms with van der Waals surface area (Å²) in [5.41, 5.74) is 4.60. The van der Waals surface area contributed by atoms with Crippen LogP contribution in [0.3, 0.4) is 0 Å². The van der Waals surface area contributed by atoms with Crippen LogP contribution in [0.15, 0.2) is 60.7 Å². The summed E-state index contributed by atoms with van der Waals surface area (Å²) in [6, 6.07) is 18.1. The van der Waals surface area contributed by atoms with Crippen molar-refractivity contribution in [1.29, 1.82) is 0 Å². The Morgan fingerprint density at radius 2 is 1.56 bits per heavy atom. The lowest BCUT2D eigenvalue weighted by Gasteiger charge is -2.34. The number of piperazine rings is 1. The highest BCUT2D eigenvalue weighted by atomic mass is 19.1. The van der Waals surface area contributed by atoms with Crippen LogP contribution in [0.5, 0.6) is 0 Å². The molecule has 3 aromatic rings. The molecular weight excluding hydrogens is 405 g/mol. The summed E-state index contributed by atoms with van der Waals surface area (Å²) in [6.07, 6.45) is 0.269. The highest BCUT2D eigenvalue weighted by Gasteiger charge is 2.24. The zero-order valence-electron chi connectivity index (χ0n) is 18.6. The van der Waals surface area contributed by atoms with E-state index >= 15 is 0 Å². The van der Waals surface area contributed by atoms with Crippen molar-refractivity contribution in [2.24, 2.45) is 0 Å². The van der Waals surface area contributed by atoms with Crippen LogP contribution in [-0.4, -0.2) is 58.8 Å². The molecule has 0 unspecified atom stereocenters. The van der Waals surface area contributed by atoms with Crippen molar-refractivity contribution in [3.63, 3.8) is 0 Å². The molecule has 0 saturated carbocycles. The van der Waals surface area contributed by atoms with Crippen LogP contribution in [0.2, 0.25) is 0 Å². The second-order valence-corrected chi connectivity index (χ2v) is 8.34. The molecule has 0 atom stereocenters. The van der Waals surface area contributed by atoms with E-state index in [9.17, 15) is 14.0 Å². The van der Waals surface area contributed by atoms with Gasteiger partial charge in [0.05, 0.1) is 13.0 Å². The quantitative estimate of drug-likeness (QED) is 0.556. The smallest absolute Gasteiger partial charge is 0.227 e. The summed E-state index contributed by atoms with van der Waals surface area (Å²) in [5.74, 6) is -0.163. The molecule has 0 spiro atoms. The fourth-order valence-corrected chi connectivity index (χ4v) is 4.35. The number of carbonyl (C=O) groups excluding carboxylic acids is 2. The number of amides is 1. The first kappa shape index (κ1) is 22.0. The highest BCUT2D eigenvalue weighted by molar-refractivity contribution is 5.99. The van der Waals surface area contributed by atoms with E-state index in [1.165, 1.54) is 12.1 Å². The number of rotatable bonds is 6. The SMILES string of the molecule is Cc1cc(C(=O)CN2CCN(C(=O)Cc3ccc(F)cc3)CC2)c(C)n1-c1ccccc1. The first-order valence-corrected chi connectivity index (χ1v) is 10.9. The molecule has 1 aliphatic rings. The Morgan fingerprint density at radius 3 is 2.22 bits per heavy atom. The van der Waals surface area contributed by atoms with Gasteiger partial charge in [-0.1, -0.05) is 30.3 Å². The highest BCUT2D eigenvalue weighted by Crippen LogP contribution is 2.21. The summed E-state index contributed by atoms with van der Waals surface area (Å²) in [7, 11) is 0. The van der Waals surface area contributed by atoms with E-state index in [4.69, 9.17) is 0 Å². The molecule has 1 amide bonds. The fraction of sp³-hybridized carbons (Fsp3) is 0.308. The number of halogens is 1. The fourth-order valence-electron chi connectivity index (χ4n) is 4.35. The van der Waals surface area contributed by atoms with Crippen molar-refractivity contribution in [2.75, 3.05) is 32.7 Å². The Bertz CT molecular complexity index is 1100. The van der Waals surface area contributed by atoms with Crippen molar-refractivity contribution in [3.05, 3.63) is 89.0 Å². The van der Waals surface area contributed by atoms with Gasteiger partial charge in [0.2, 0.25) is 5.91 Å². The number of Topliss-reactive ketones (excluding diaryl/α,β-unsaturated/α-hetero) is 1. The molecule has 0 radical (unpaired) electrons. The predicted octanol–water partition coefficient (Wildman–Crippen LogP) is 3.80. The van der Waals surface area contributed by atoms with E-state index in [1.807, 2.05) is 55.1 Å². The molecule has 5 nitrogen and oxygen atoms in total. The second-order valence-electron chi connectivity index (χ2n) is 8.34. The Labute approximate surface area is 188 Å². The third-order valence-corrected chi connectivity index (χ3v) is 6.11. The first-order chi connectivity index (χ1) is 15.4. The molecule has 1 saturated heterocycles. The van der Waals surface area contributed by atoms with Crippen molar-refractivity contribution in [2.45, 2.75) is 20.3 Å². The largest absolute Gasteiger partial charge is 0.340 e. The van der Waals surface area contributed by atoms with Crippen molar-refractivity contribution >= 4 is 11.7 Å². The summed E-state index contributed by atoms with van der Waals surface area (Å²) >= 11 is 0. The average Bonchev–Trinajstić information content (AvgIpc) is 3.10. The molecule has 2 heterocycles. The molecule has 166 valence electrons. The lowest BCUT2D eigenvalue weighted by molar-refractivity contribution is -0.132. The third kappa shape index (κ3) is 4.81. The Hall–Kier alpha value is -3.25. The summed E-state index contributed by atoms with van der Waals surface area (Å²) in [4.78, 5) is 29.5. The second kappa shape index (κ2) is 9.49. The average molecular weight is 434 g/mol. The first-order valence-electron chi connectivity index (χ1n) is 10.9. The van der Waals surface area contributed by atoms with E-state index in [0.29, 0.717) is 32.7 Å². The van der Waals surface area contributed by atoms with Crippen LogP contribution in [0.1, 0.15) is 27.3 Å². The number of nitrogens with zero attached hydrogens (tertiary/aromatic N) is 3. The van der Waals surface area contributed by atoms with Crippen molar-refractivity contribution < 1.29 is 14.0 Å². The van der Waals surface area contributed by atoms with E-state index < -0.39 is 0 Å². The lowest BCUT2D eigenvalue weighted by Crippen LogP contribution is -2.50. The molecule has 1 aliphatic heterocycles. The number of hydrogen-bond donors (Lipinski definition) is 0. The number of aromatic nitrogens is 1. The van der Waals surface area contributed by atoms with Crippen LogP contribution in [0.25, 0.3) is 5.69 Å². The number of para-hydroxylation sites is 1. The van der Waals surface area contributed by atoms with E-state index in [2.05, 4.69) is 9.47 Å². The molecule has 1 fully saturated rings. The Balaban J connectivity index is 1.34. The van der Waals surface area contributed by atoms with Gasteiger partial charge in [0.25, 0.3) is 0 Å². The molecule has 0 bridgehead atoms. The Morgan fingerprint density at radius 1 is 0.906 bits per heavy atom. The lowest BCUT2D eigenvalue weighted by atomic mass is 10.1. The maximum atomic E-state index is 13.1. The molecule has 0 N–H and O–H groups in total. The van der Waals surface area contributed by atoms with Gasteiger partial charge in [0.1, 0.15) is 5.82 Å². The molecule has 6 heteroatoms. The van der Waals surface area contributed by atoms with E-state index in [1.54, 1.807) is 12.1 Å². The van der Waals surface area contributed by atoms with Crippen LogP contribution >= 0.6 is 0 Å². The minimum absolute atomic E-state index is 0.0361. The van der Waals surface area contributed by atoms with Crippen molar-refractivity contribution in [1.82, 2.24) is 14.4 Å². The number of ketones is 1. The molecule has 2 aromatic carbocycles. The number of carbonyl (C=O) groups is 2. The molecular formula is C26H28FN3O2. The van der Waals surface area contributed by atoms with Gasteiger partial charge in [-0.05, 0) is 49.7 Å². The van der Waals surface area contributed by atoms with Gasteiger partial charge in [0.15, 0.2) is 5.78 Å². The van der Waals surface area contributed by atoms with Gasteiger partial charge >= 0.3 is 0 Å². The van der Waals surface area contributed by atoms with E-state index in [-0.39, 0.29) is 23.9 Å².